The molecular formula is C18H18ClF3N2O3. The second kappa shape index (κ2) is 8.49. The van der Waals surface area contributed by atoms with Crippen molar-refractivity contribution in [2.24, 2.45) is 0 Å². The van der Waals surface area contributed by atoms with Crippen LogP contribution >= 0.6 is 11.6 Å². The van der Waals surface area contributed by atoms with Crippen LogP contribution in [-0.4, -0.2) is 38.3 Å². The second-order valence-corrected chi connectivity index (χ2v) is 6.20. The summed E-state index contributed by atoms with van der Waals surface area (Å²) in [6.45, 7) is 0.530. The van der Waals surface area contributed by atoms with Crippen LogP contribution < -0.4 is 10.2 Å². The molecule has 9 heteroatoms. The highest BCUT2D eigenvalue weighted by Gasteiger charge is 2.35. The molecular weight excluding hydrogens is 385 g/mol. The number of nitrogens with one attached hydrogen (secondary N) is 1. The largest absolute Gasteiger partial charge is 0.507 e. The Labute approximate surface area is 159 Å². The number of amides is 1. The van der Waals surface area contributed by atoms with Gasteiger partial charge in [-0.3, -0.25) is 4.79 Å². The van der Waals surface area contributed by atoms with Crippen molar-refractivity contribution >= 4 is 28.9 Å². The maximum atomic E-state index is 13.5. The number of anilines is 2. The third-order valence-corrected chi connectivity index (χ3v) is 4.04. The van der Waals surface area contributed by atoms with E-state index < -0.39 is 17.6 Å². The molecule has 5 nitrogen and oxygen atoms in total. The van der Waals surface area contributed by atoms with Crippen LogP contribution in [-0.2, 0) is 10.9 Å². The minimum atomic E-state index is -4.62. The van der Waals surface area contributed by atoms with Crippen molar-refractivity contribution in [3.8, 4) is 5.75 Å². The van der Waals surface area contributed by atoms with Gasteiger partial charge in [0.05, 0.1) is 17.7 Å². The number of hydrogen-bond donors (Lipinski definition) is 2. The molecule has 2 aromatic rings. The van der Waals surface area contributed by atoms with Gasteiger partial charge in [0, 0.05) is 37.1 Å². The Morgan fingerprint density at radius 3 is 2.59 bits per heavy atom. The van der Waals surface area contributed by atoms with Gasteiger partial charge in [-0.05, 0) is 36.4 Å². The molecule has 0 heterocycles. The van der Waals surface area contributed by atoms with Gasteiger partial charge >= 0.3 is 6.18 Å². The number of ether oxygens (including phenoxy) is 1. The smallest absolute Gasteiger partial charge is 0.418 e. The number of methoxy groups -OCH3 is 1. The van der Waals surface area contributed by atoms with Crippen molar-refractivity contribution in [2.75, 3.05) is 37.5 Å². The number of phenols is 1. The van der Waals surface area contributed by atoms with Crippen LogP contribution in [0.25, 0.3) is 0 Å². The van der Waals surface area contributed by atoms with Crippen LogP contribution in [0.3, 0.4) is 0 Å². The van der Waals surface area contributed by atoms with Crippen LogP contribution in [0.15, 0.2) is 36.4 Å². The first kappa shape index (κ1) is 20.9. The van der Waals surface area contributed by atoms with E-state index in [0.29, 0.717) is 0 Å². The molecule has 0 saturated heterocycles. The molecule has 0 aliphatic carbocycles. The molecule has 2 N–H and O–H groups in total. The predicted molar refractivity (Wildman–Crippen MR) is 97.7 cm³/mol. The summed E-state index contributed by atoms with van der Waals surface area (Å²) in [5, 5.41) is 12.3. The maximum Gasteiger partial charge on any atom is 0.418 e. The van der Waals surface area contributed by atoms with Gasteiger partial charge in [0.15, 0.2) is 0 Å². The number of aromatic hydroxyl groups is 1. The van der Waals surface area contributed by atoms with Gasteiger partial charge in [-0.2, -0.15) is 13.2 Å². The monoisotopic (exact) mass is 402 g/mol. The Hall–Kier alpha value is -2.45. The number of carbonyl (C=O) groups is 1. The molecule has 0 saturated carbocycles. The highest BCUT2D eigenvalue weighted by atomic mass is 35.5. The SMILES string of the molecule is COCCN(C)c1ccc(NC(=O)c2cc(Cl)ccc2O)cc1C(F)(F)F. The number of hydrogen-bond acceptors (Lipinski definition) is 4. The van der Waals surface area contributed by atoms with Gasteiger partial charge in [-0.15, -0.1) is 0 Å². The first-order valence-corrected chi connectivity index (χ1v) is 8.22. The van der Waals surface area contributed by atoms with Gasteiger partial charge in [0.1, 0.15) is 5.75 Å². The highest BCUT2D eigenvalue weighted by Crippen LogP contribution is 2.38. The van der Waals surface area contributed by atoms with E-state index in [1.807, 2.05) is 0 Å². The van der Waals surface area contributed by atoms with E-state index in [4.69, 9.17) is 16.3 Å². The summed E-state index contributed by atoms with van der Waals surface area (Å²) in [6.07, 6.45) is -4.62. The zero-order chi connectivity index (χ0) is 20.2. The number of likely N-dealkylation sites (N-methyl/N-ethyl adjacent to an activating group) is 1. The van der Waals surface area contributed by atoms with Crippen molar-refractivity contribution in [3.05, 3.63) is 52.5 Å². The van der Waals surface area contributed by atoms with Crippen molar-refractivity contribution in [1.82, 2.24) is 0 Å². The molecule has 0 radical (unpaired) electrons. The molecule has 2 aromatic carbocycles. The maximum absolute atomic E-state index is 13.5. The van der Waals surface area contributed by atoms with E-state index in [2.05, 4.69) is 5.32 Å². The molecule has 27 heavy (non-hydrogen) atoms. The fourth-order valence-electron chi connectivity index (χ4n) is 2.41. The zero-order valence-corrected chi connectivity index (χ0v) is 15.4. The summed E-state index contributed by atoms with van der Waals surface area (Å²) in [5.41, 5.74) is -1.13. The van der Waals surface area contributed by atoms with Gasteiger partial charge < -0.3 is 20.1 Å². The quantitative estimate of drug-likeness (QED) is 0.751. The molecule has 1 amide bonds. The number of rotatable bonds is 6. The molecule has 0 aromatic heterocycles. The molecule has 0 atom stereocenters. The molecule has 0 fully saturated rings. The molecule has 0 unspecified atom stereocenters. The third-order valence-electron chi connectivity index (χ3n) is 3.81. The van der Waals surface area contributed by atoms with E-state index in [1.165, 1.54) is 49.4 Å². The van der Waals surface area contributed by atoms with Gasteiger partial charge in [0.2, 0.25) is 0 Å². The van der Waals surface area contributed by atoms with Gasteiger partial charge in [-0.1, -0.05) is 11.6 Å². The number of alkyl halides is 3. The Morgan fingerprint density at radius 2 is 1.96 bits per heavy atom. The number of halogens is 4. The van der Waals surface area contributed by atoms with Gasteiger partial charge in [0.25, 0.3) is 5.91 Å². The number of nitrogens with zero attached hydrogens (tertiary/aromatic N) is 1. The highest BCUT2D eigenvalue weighted by molar-refractivity contribution is 6.31. The normalized spacial score (nSPS) is 11.3. The molecule has 0 bridgehead atoms. The molecule has 0 aliphatic heterocycles. The summed E-state index contributed by atoms with van der Waals surface area (Å²) in [5.74, 6) is -1.10. The lowest BCUT2D eigenvalue weighted by Gasteiger charge is -2.24. The van der Waals surface area contributed by atoms with Crippen molar-refractivity contribution in [3.63, 3.8) is 0 Å². The zero-order valence-electron chi connectivity index (χ0n) is 14.6. The summed E-state index contributed by atoms with van der Waals surface area (Å²) in [7, 11) is 2.98. The lowest BCUT2D eigenvalue weighted by molar-refractivity contribution is -0.137. The molecule has 0 spiro atoms. The Bertz CT molecular complexity index is 828. The van der Waals surface area contributed by atoms with Crippen LogP contribution in [0.1, 0.15) is 15.9 Å². The molecule has 146 valence electrons. The minimum absolute atomic E-state index is 0.0387. The Balaban J connectivity index is 2.33. The third kappa shape index (κ3) is 5.27. The fourth-order valence-corrected chi connectivity index (χ4v) is 2.58. The van der Waals surface area contributed by atoms with Crippen molar-refractivity contribution in [1.29, 1.82) is 0 Å². The number of phenolic OH excluding ortho intramolecular Hbond substituents is 1. The summed E-state index contributed by atoms with van der Waals surface area (Å²) < 4.78 is 45.3. The summed E-state index contributed by atoms with van der Waals surface area (Å²) in [4.78, 5) is 13.7. The Morgan fingerprint density at radius 1 is 1.26 bits per heavy atom. The van der Waals surface area contributed by atoms with E-state index in [1.54, 1.807) is 0 Å². The van der Waals surface area contributed by atoms with Crippen molar-refractivity contribution in [2.45, 2.75) is 6.18 Å². The van der Waals surface area contributed by atoms with Crippen LogP contribution in [0.2, 0.25) is 5.02 Å². The van der Waals surface area contributed by atoms with E-state index in [9.17, 15) is 23.1 Å². The summed E-state index contributed by atoms with van der Waals surface area (Å²) in [6, 6.07) is 7.31. The van der Waals surface area contributed by atoms with Crippen molar-refractivity contribution < 1.29 is 27.8 Å². The number of carbonyl (C=O) groups excluding carboxylic acids is 1. The molecule has 0 aliphatic rings. The average molecular weight is 403 g/mol. The van der Waals surface area contributed by atoms with E-state index in [-0.39, 0.29) is 40.9 Å². The Kier molecular flexibility index (Phi) is 6.56. The second-order valence-electron chi connectivity index (χ2n) is 5.76. The van der Waals surface area contributed by atoms with Crippen LogP contribution in [0.5, 0.6) is 5.75 Å². The number of benzene rings is 2. The van der Waals surface area contributed by atoms with Crippen LogP contribution in [0.4, 0.5) is 24.5 Å². The topological polar surface area (TPSA) is 61.8 Å². The first-order chi connectivity index (χ1) is 12.6. The predicted octanol–water partition coefficient (Wildman–Crippen LogP) is 4.40. The fraction of sp³-hybridized carbons (Fsp3) is 0.278. The summed E-state index contributed by atoms with van der Waals surface area (Å²) >= 11 is 5.79. The lowest BCUT2D eigenvalue weighted by atomic mass is 10.1. The average Bonchev–Trinajstić information content (AvgIpc) is 2.60. The standard InChI is InChI=1S/C18H18ClF3N2O3/c1-24(7-8-27-2)15-5-4-12(10-14(15)18(20,21)22)23-17(26)13-9-11(19)3-6-16(13)25/h3-6,9-10,25H,7-8H2,1-2H3,(H,23,26). The first-order valence-electron chi connectivity index (χ1n) is 7.84. The lowest BCUT2D eigenvalue weighted by Crippen LogP contribution is -2.25. The van der Waals surface area contributed by atoms with E-state index in [0.717, 1.165) is 6.07 Å². The van der Waals surface area contributed by atoms with E-state index >= 15 is 0 Å². The minimum Gasteiger partial charge on any atom is -0.507 e. The molecule has 2 rings (SSSR count). The van der Waals surface area contributed by atoms with Gasteiger partial charge in [-0.25, -0.2) is 0 Å². The van der Waals surface area contributed by atoms with Crippen LogP contribution in [0, 0.1) is 0 Å².